The summed E-state index contributed by atoms with van der Waals surface area (Å²) in [7, 11) is -3.82. The largest absolute Gasteiger partial charge is 0.478 e. The molecule has 0 atom stereocenters. The summed E-state index contributed by atoms with van der Waals surface area (Å²) >= 11 is 1.47. The van der Waals surface area contributed by atoms with E-state index < -0.39 is 27.4 Å². The van der Waals surface area contributed by atoms with E-state index in [1.54, 1.807) is 0 Å². The summed E-state index contributed by atoms with van der Waals surface area (Å²) in [6.45, 7) is 1.55. The second kappa shape index (κ2) is 6.36. The fraction of sp³-hybridized carbons (Fsp3) is 0.364. The van der Waals surface area contributed by atoms with Gasteiger partial charge in [0, 0.05) is 12.3 Å². The number of sulfonamides is 1. The zero-order chi connectivity index (χ0) is 14.6. The first kappa shape index (κ1) is 15.9. The van der Waals surface area contributed by atoms with Crippen molar-refractivity contribution >= 4 is 27.8 Å². The van der Waals surface area contributed by atoms with Gasteiger partial charge in [-0.25, -0.2) is 22.3 Å². The van der Waals surface area contributed by atoms with Crippen LogP contribution in [0.3, 0.4) is 0 Å². The highest BCUT2D eigenvalue weighted by atomic mass is 32.2. The van der Waals surface area contributed by atoms with Crippen molar-refractivity contribution in [1.82, 2.24) is 4.72 Å². The van der Waals surface area contributed by atoms with E-state index in [9.17, 15) is 17.6 Å². The third kappa shape index (κ3) is 3.92. The monoisotopic (exact) mass is 307 g/mol. The first-order chi connectivity index (χ1) is 8.79. The van der Waals surface area contributed by atoms with Crippen LogP contribution in [0.25, 0.3) is 0 Å². The predicted octanol–water partition coefficient (Wildman–Crippen LogP) is 1.47. The summed E-state index contributed by atoms with van der Waals surface area (Å²) < 4.78 is 39.7. The number of carbonyl (C=O) groups is 1. The molecule has 106 valence electrons. The first-order valence-electron chi connectivity index (χ1n) is 5.31. The van der Waals surface area contributed by atoms with Gasteiger partial charge in [-0.15, -0.1) is 0 Å². The molecule has 1 rings (SSSR count). The maximum Gasteiger partial charge on any atom is 0.338 e. The van der Waals surface area contributed by atoms with Crippen molar-refractivity contribution in [2.24, 2.45) is 0 Å². The van der Waals surface area contributed by atoms with Crippen molar-refractivity contribution in [3.05, 3.63) is 29.1 Å². The molecular weight excluding hydrogens is 293 g/mol. The molecule has 0 heterocycles. The summed E-state index contributed by atoms with van der Waals surface area (Å²) in [6.07, 6.45) is 1.83. The lowest BCUT2D eigenvalue weighted by Crippen LogP contribution is -2.26. The molecule has 0 aliphatic rings. The second-order valence-corrected chi connectivity index (χ2v) is 6.55. The lowest BCUT2D eigenvalue weighted by molar-refractivity contribution is 0.0691. The highest BCUT2D eigenvalue weighted by Gasteiger charge is 2.20. The lowest BCUT2D eigenvalue weighted by Gasteiger charge is -2.09. The number of nitrogens with one attached hydrogen (secondary N) is 1. The number of carboxylic acid groups (broad SMARTS) is 1. The van der Waals surface area contributed by atoms with Crippen molar-refractivity contribution in [2.75, 3.05) is 18.6 Å². The van der Waals surface area contributed by atoms with Crippen LogP contribution in [0, 0.1) is 12.7 Å². The predicted molar refractivity (Wildman–Crippen MR) is 71.7 cm³/mol. The Labute approximate surface area is 115 Å². The van der Waals surface area contributed by atoms with Crippen LogP contribution in [0.15, 0.2) is 17.0 Å². The van der Waals surface area contributed by atoms with Crippen molar-refractivity contribution in [3.8, 4) is 0 Å². The molecule has 0 aliphatic heterocycles. The SMILES string of the molecule is CSCCNS(=O)(=O)c1cc(C)c(F)c(C(=O)O)c1. The Bertz CT molecular complexity index is 587. The summed E-state index contributed by atoms with van der Waals surface area (Å²) in [4.78, 5) is 10.6. The zero-order valence-electron chi connectivity index (χ0n) is 10.4. The Kier molecular flexibility index (Phi) is 5.33. The normalized spacial score (nSPS) is 11.5. The highest BCUT2D eigenvalue weighted by molar-refractivity contribution is 7.98. The first-order valence-corrected chi connectivity index (χ1v) is 8.19. The number of thioether (sulfide) groups is 1. The van der Waals surface area contributed by atoms with Gasteiger partial charge >= 0.3 is 5.97 Å². The number of benzene rings is 1. The summed E-state index contributed by atoms with van der Waals surface area (Å²) in [5.41, 5.74) is -0.671. The van der Waals surface area contributed by atoms with E-state index in [4.69, 9.17) is 5.11 Å². The molecule has 2 N–H and O–H groups in total. The minimum absolute atomic E-state index is 0.0230. The van der Waals surface area contributed by atoms with Gasteiger partial charge in [-0.05, 0) is 30.9 Å². The molecule has 0 fully saturated rings. The minimum Gasteiger partial charge on any atom is -0.478 e. The fourth-order valence-corrected chi connectivity index (χ4v) is 2.99. The Morgan fingerprint density at radius 2 is 2.11 bits per heavy atom. The van der Waals surface area contributed by atoms with Crippen molar-refractivity contribution in [2.45, 2.75) is 11.8 Å². The van der Waals surface area contributed by atoms with Gasteiger partial charge in [0.1, 0.15) is 5.82 Å². The van der Waals surface area contributed by atoms with E-state index in [-0.39, 0.29) is 17.0 Å². The third-order valence-corrected chi connectivity index (χ3v) is 4.42. The van der Waals surface area contributed by atoms with Gasteiger partial charge in [0.15, 0.2) is 0 Å². The number of rotatable bonds is 6. The number of halogens is 1. The Balaban J connectivity index is 3.17. The van der Waals surface area contributed by atoms with Crippen LogP contribution in [-0.4, -0.2) is 38.0 Å². The van der Waals surface area contributed by atoms with E-state index in [2.05, 4.69) is 4.72 Å². The quantitative estimate of drug-likeness (QED) is 0.778. The average Bonchev–Trinajstić information content (AvgIpc) is 2.32. The van der Waals surface area contributed by atoms with E-state index in [1.807, 2.05) is 6.26 Å². The van der Waals surface area contributed by atoms with Gasteiger partial charge in [-0.2, -0.15) is 11.8 Å². The van der Waals surface area contributed by atoms with Crippen LogP contribution in [0.5, 0.6) is 0 Å². The van der Waals surface area contributed by atoms with Crippen molar-refractivity contribution in [3.63, 3.8) is 0 Å². The van der Waals surface area contributed by atoms with Crippen LogP contribution in [-0.2, 0) is 10.0 Å². The molecule has 1 aromatic rings. The van der Waals surface area contributed by atoms with Crippen LogP contribution in [0.1, 0.15) is 15.9 Å². The molecule has 0 amide bonds. The average molecular weight is 307 g/mol. The maximum absolute atomic E-state index is 13.5. The van der Waals surface area contributed by atoms with Crippen molar-refractivity contribution < 1.29 is 22.7 Å². The molecule has 0 bridgehead atoms. The molecule has 8 heteroatoms. The van der Waals surface area contributed by atoms with Gasteiger partial charge in [0.05, 0.1) is 10.5 Å². The molecule has 0 spiro atoms. The van der Waals surface area contributed by atoms with E-state index in [0.717, 1.165) is 12.1 Å². The Morgan fingerprint density at radius 1 is 1.47 bits per heavy atom. The summed E-state index contributed by atoms with van der Waals surface area (Å²) in [5.74, 6) is -1.83. The Morgan fingerprint density at radius 3 is 2.63 bits per heavy atom. The molecule has 19 heavy (non-hydrogen) atoms. The number of aromatic carboxylic acids is 1. The van der Waals surface area contributed by atoms with Crippen LogP contribution < -0.4 is 4.72 Å². The van der Waals surface area contributed by atoms with E-state index in [1.165, 1.54) is 18.7 Å². The van der Waals surface area contributed by atoms with Crippen LogP contribution in [0.2, 0.25) is 0 Å². The number of hydrogen-bond acceptors (Lipinski definition) is 4. The Hall–Kier alpha value is -1.12. The van der Waals surface area contributed by atoms with Gasteiger partial charge in [-0.3, -0.25) is 0 Å². The molecule has 5 nitrogen and oxygen atoms in total. The van der Waals surface area contributed by atoms with E-state index in [0.29, 0.717) is 5.75 Å². The molecule has 0 unspecified atom stereocenters. The highest BCUT2D eigenvalue weighted by Crippen LogP contribution is 2.19. The molecular formula is C11H14FNO4S2. The van der Waals surface area contributed by atoms with Gasteiger partial charge in [-0.1, -0.05) is 0 Å². The second-order valence-electron chi connectivity index (χ2n) is 3.80. The topological polar surface area (TPSA) is 83.5 Å². The lowest BCUT2D eigenvalue weighted by atomic mass is 10.1. The number of hydrogen-bond donors (Lipinski definition) is 2. The number of aryl methyl sites for hydroxylation is 1. The molecule has 0 aliphatic carbocycles. The van der Waals surface area contributed by atoms with E-state index >= 15 is 0 Å². The molecule has 0 saturated heterocycles. The third-order valence-electron chi connectivity index (χ3n) is 2.37. The smallest absolute Gasteiger partial charge is 0.338 e. The molecule has 0 saturated carbocycles. The molecule has 1 aromatic carbocycles. The standard InChI is InChI=1S/C11H14FNO4S2/c1-7-5-8(6-9(10(7)12)11(14)15)19(16,17)13-3-4-18-2/h5-6,13H,3-4H2,1-2H3,(H,14,15). The van der Waals surface area contributed by atoms with Crippen LogP contribution >= 0.6 is 11.8 Å². The summed E-state index contributed by atoms with van der Waals surface area (Å²) in [5, 5.41) is 8.84. The maximum atomic E-state index is 13.5. The fourth-order valence-electron chi connectivity index (χ4n) is 1.41. The van der Waals surface area contributed by atoms with Gasteiger partial charge < -0.3 is 5.11 Å². The summed E-state index contributed by atoms with van der Waals surface area (Å²) in [6, 6.07) is 1.94. The molecule has 0 aromatic heterocycles. The van der Waals surface area contributed by atoms with Crippen LogP contribution in [0.4, 0.5) is 4.39 Å². The van der Waals surface area contributed by atoms with Gasteiger partial charge in [0.2, 0.25) is 10.0 Å². The number of carboxylic acids is 1. The minimum atomic E-state index is -3.82. The van der Waals surface area contributed by atoms with Gasteiger partial charge in [0.25, 0.3) is 0 Å². The van der Waals surface area contributed by atoms with Crippen molar-refractivity contribution in [1.29, 1.82) is 0 Å². The molecule has 0 radical (unpaired) electrons. The zero-order valence-corrected chi connectivity index (χ0v) is 12.1.